The Bertz CT molecular complexity index is 719. The molecule has 8 heteroatoms. The maximum absolute atomic E-state index is 11.4. The number of thiazole rings is 1. The van der Waals surface area contributed by atoms with E-state index in [0.29, 0.717) is 23.7 Å². The topological polar surface area (TPSA) is 103 Å². The molecular weight excluding hydrogens is 292 g/mol. The van der Waals surface area contributed by atoms with Gasteiger partial charge in [0, 0.05) is 18.6 Å². The highest BCUT2D eigenvalue weighted by Gasteiger charge is 2.52. The molecule has 4 atom stereocenters. The number of nitrogens with two attached hydrogens (primary N) is 1. The molecule has 2 aromatic rings. The van der Waals surface area contributed by atoms with Crippen molar-refractivity contribution in [1.82, 2.24) is 4.98 Å². The van der Waals surface area contributed by atoms with E-state index in [0.717, 1.165) is 11.1 Å². The van der Waals surface area contributed by atoms with Crippen LogP contribution in [-0.2, 0) is 4.74 Å². The van der Waals surface area contributed by atoms with Crippen molar-refractivity contribution >= 4 is 32.9 Å². The van der Waals surface area contributed by atoms with Gasteiger partial charge in [-0.05, 0) is 18.6 Å². The number of nitro groups is 1. The van der Waals surface area contributed by atoms with E-state index in [1.54, 1.807) is 11.6 Å². The minimum atomic E-state index is -0.387. The molecule has 21 heavy (non-hydrogen) atoms. The maximum atomic E-state index is 11.4. The van der Waals surface area contributed by atoms with Crippen LogP contribution < -0.4 is 11.1 Å². The van der Waals surface area contributed by atoms with Crippen LogP contribution in [0.2, 0.25) is 0 Å². The Morgan fingerprint density at radius 3 is 3.19 bits per heavy atom. The first-order valence-corrected chi connectivity index (χ1v) is 7.69. The van der Waals surface area contributed by atoms with Gasteiger partial charge in [-0.1, -0.05) is 0 Å². The molecule has 0 spiro atoms. The molecule has 1 saturated carbocycles. The molecule has 2 fully saturated rings. The molecule has 7 nitrogen and oxygen atoms in total. The summed E-state index contributed by atoms with van der Waals surface area (Å²) in [6, 6.07) is 3.48. The molecule has 1 saturated heterocycles. The first-order valence-electron chi connectivity index (χ1n) is 6.81. The van der Waals surface area contributed by atoms with Crippen molar-refractivity contribution in [3.05, 3.63) is 27.8 Å². The van der Waals surface area contributed by atoms with Crippen LogP contribution in [0.15, 0.2) is 17.6 Å². The van der Waals surface area contributed by atoms with Gasteiger partial charge in [-0.3, -0.25) is 10.1 Å². The van der Waals surface area contributed by atoms with Crippen LogP contribution in [0.5, 0.6) is 0 Å². The molecule has 0 bridgehead atoms. The van der Waals surface area contributed by atoms with Crippen LogP contribution in [0, 0.1) is 16.0 Å². The molecule has 0 radical (unpaired) electrons. The number of hydrogen-bond acceptors (Lipinski definition) is 7. The van der Waals surface area contributed by atoms with Gasteiger partial charge in [0.2, 0.25) is 0 Å². The molecule has 4 rings (SSSR count). The zero-order valence-corrected chi connectivity index (χ0v) is 11.9. The van der Waals surface area contributed by atoms with Crippen molar-refractivity contribution in [2.75, 3.05) is 11.9 Å². The fourth-order valence-corrected chi connectivity index (χ4v) is 4.00. The highest BCUT2D eigenvalue weighted by molar-refractivity contribution is 7.16. The number of anilines is 1. The first kappa shape index (κ1) is 12.9. The smallest absolute Gasteiger partial charge is 0.319 e. The number of fused-ring (bicyclic) bond motifs is 2. The predicted octanol–water partition coefficient (Wildman–Crippen LogP) is 1.73. The highest BCUT2D eigenvalue weighted by Crippen LogP contribution is 2.42. The van der Waals surface area contributed by atoms with Crippen LogP contribution >= 0.6 is 11.3 Å². The SMILES string of the molecule is NC1C2CCOC2C1Nc1ccc2scnc2c1[N+](=O)[O-]. The summed E-state index contributed by atoms with van der Waals surface area (Å²) < 4.78 is 6.46. The van der Waals surface area contributed by atoms with Crippen LogP contribution in [0.25, 0.3) is 10.2 Å². The van der Waals surface area contributed by atoms with Crippen molar-refractivity contribution < 1.29 is 9.66 Å². The van der Waals surface area contributed by atoms with Crippen molar-refractivity contribution in [2.24, 2.45) is 11.7 Å². The van der Waals surface area contributed by atoms with Crippen molar-refractivity contribution in [3.8, 4) is 0 Å². The number of ether oxygens (including phenoxy) is 1. The van der Waals surface area contributed by atoms with E-state index in [9.17, 15) is 10.1 Å². The van der Waals surface area contributed by atoms with Crippen LogP contribution in [0.3, 0.4) is 0 Å². The summed E-state index contributed by atoms with van der Waals surface area (Å²) in [7, 11) is 0. The quantitative estimate of drug-likeness (QED) is 0.661. The third kappa shape index (κ3) is 1.83. The molecule has 4 unspecified atom stereocenters. The average Bonchev–Trinajstić information content (AvgIpc) is 3.10. The lowest BCUT2D eigenvalue weighted by atomic mass is 9.72. The number of nitrogens with one attached hydrogen (secondary N) is 1. The highest BCUT2D eigenvalue weighted by atomic mass is 32.1. The lowest BCUT2D eigenvalue weighted by Crippen LogP contribution is -2.65. The summed E-state index contributed by atoms with van der Waals surface area (Å²) >= 11 is 1.39. The Balaban J connectivity index is 1.70. The number of rotatable bonds is 3. The Morgan fingerprint density at radius 1 is 1.52 bits per heavy atom. The average molecular weight is 306 g/mol. The standard InChI is InChI=1S/C13H14N4O3S/c14-9-6-3-4-20-13(6)11(9)16-7-1-2-8-10(15-5-21-8)12(7)17(18)19/h1-2,5-6,9,11,13,16H,3-4,14H2. The molecule has 1 aliphatic heterocycles. The number of aromatic nitrogens is 1. The number of hydrogen-bond donors (Lipinski definition) is 2. The third-order valence-corrected chi connectivity index (χ3v) is 5.22. The summed E-state index contributed by atoms with van der Waals surface area (Å²) in [4.78, 5) is 15.1. The lowest BCUT2D eigenvalue weighted by Gasteiger charge is -2.46. The Labute approximate surface area is 124 Å². The van der Waals surface area contributed by atoms with E-state index >= 15 is 0 Å². The molecule has 110 valence electrons. The number of benzene rings is 1. The van der Waals surface area contributed by atoms with Gasteiger partial charge in [-0.15, -0.1) is 11.3 Å². The predicted molar refractivity (Wildman–Crippen MR) is 79.5 cm³/mol. The molecule has 1 aromatic carbocycles. The molecule has 1 aliphatic carbocycles. The van der Waals surface area contributed by atoms with Gasteiger partial charge >= 0.3 is 5.69 Å². The fourth-order valence-electron chi connectivity index (χ4n) is 3.33. The van der Waals surface area contributed by atoms with E-state index in [-0.39, 0.29) is 28.8 Å². The first-order chi connectivity index (χ1) is 10.2. The van der Waals surface area contributed by atoms with Gasteiger partial charge in [-0.25, -0.2) is 4.98 Å². The van der Waals surface area contributed by atoms with Crippen molar-refractivity contribution in [1.29, 1.82) is 0 Å². The fraction of sp³-hybridized carbons (Fsp3) is 0.462. The normalized spacial score (nSPS) is 30.9. The van der Waals surface area contributed by atoms with Gasteiger partial charge in [0.1, 0.15) is 5.69 Å². The van der Waals surface area contributed by atoms with Gasteiger partial charge < -0.3 is 15.8 Å². The monoisotopic (exact) mass is 306 g/mol. The van der Waals surface area contributed by atoms with Gasteiger partial charge in [0.15, 0.2) is 5.52 Å². The molecule has 2 heterocycles. The van der Waals surface area contributed by atoms with E-state index in [1.807, 2.05) is 6.07 Å². The van der Waals surface area contributed by atoms with E-state index < -0.39 is 0 Å². The summed E-state index contributed by atoms with van der Waals surface area (Å²) in [5.41, 5.74) is 8.67. The Morgan fingerprint density at radius 2 is 2.38 bits per heavy atom. The third-order valence-electron chi connectivity index (χ3n) is 4.43. The summed E-state index contributed by atoms with van der Waals surface area (Å²) in [6.07, 6.45) is 1.03. The minimum absolute atomic E-state index is 0.0161. The summed E-state index contributed by atoms with van der Waals surface area (Å²) in [5, 5.41) is 14.6. The van der Waals surface area contributed by atoms with Crippen molar-refractivity contribution in [2.45, 2.75) is 24.6 Å². The van der Waals surface area contributed by atoms with Crippen LogP contribution in [-0.4, -0.2) is 34.7 Å². The molecular formula is C13H14N4O3S. The second kappa shape index (κ2) is 4.62. The second-order valence-corrected chi connectivity index (χ2v) is 6.34. The molecule has 2 aliphatic rings. The van der Waals surface area contributed by atoms with Gasteiger partial charge in [-0.2, -0.15) is 0 Å². The minimum Gasteiger partial charge on any atom is -0.376 e. The van der Waals surface area contributed by atoms with E-state index in [2.05, 4.69) is 10.3 Å². The number of nitrogens with zero attached hydrogens (tertiary/aromatic N) is 2. The van der Waals surface area contributed by atoms with Crippen molar-refractivity contribution in [3.63, 3.8) is 0 Å². The number of nitro benzene ring substituents is 1. The zero-order valence-electron chi connectivity index (χ0n) is 11.1. The van der Waals surface area contributed by atoms with Crippen LogP contribution in [0.1, 0.15) is 6.42 Å². The zero-order chi connectivity index (χ0) is 14.6. The summed E-state index contributed by atoms with van der Waals surface area (Å²) in [6.45, 7) is 0.717. The maximum Gasteiger partial charge on any atom is 0.319 e. The van der Waals surface area contributed by atoms with Gasteiger partial charge in [0.05, 0.1) is 27.3 Å². The molecule has 3 N–H and O–H groups in total. The second-order valence-electron chi connectivity index (χ2n) is 5.45. The molecule has 1 aromatic heterocycles. The largest absolute Gasteiger partial charge is 0.376 e. The Kier molecular flexibility index (Phi) is 2.84. The van der Waals surface area contributed by atoms with E-state index in [1.165, 1.54) is 11.3 Å². The van der Waals surface area contributed by atoms with Crippen LogP contribution in [0.4, 0.5) is 11.4 Å². The Hall–Kier alpha value is -1.77. The van der Waals surface area contributed by atoms with E-state index in [4.69, 9.17) is 10.5 Å². The van der Waals surface area contributed by atoms with Gasteiger partial charge in [0.25, 0.3) is 0 Å². The summed E-state index contributed by atoms with van der Waals surface area (Å²) in [5.74, 6) is 0.365. The lowest BCUT2D eigenvalue weighted by molar-refractivity contribution is -0.382. The molecule has 0 amide bonds.